The van der Waals surface area contributed by atoms with Gasteiger partial charge in [-0.1, -0.05) is 91.0 Å². The van der Waals surface area contributed by atoms with Gasteiger partial charge in [0.05, 0.1) is 6.10 Å². The lowest BCUT2D eigenvalue weighted by atomic mass is 9.79. The average molecular weight is 464 g/mol. The summed E-state index contributed by atoms with van der Waals surface area (Å²) in [6.45, 7) is 0. The minimum atomic E-state index is -4.34. The van der Waals surface area contributed by atoms with Gasteiger partial charge in [-0.05, 0) is 42.4 Å². The Labute approximate surface area is 194 Å². The van der Waals surface area contributed by atoms with Crippen LogP contribution in [0.15, 0.2) is 91.0 Å². The Bertz CT molecular complexity index is 990. The van der Waals surface area contributed by atoms with Gasteiger partial charge in [0.1, 0.15) is 17.5 Å². The number of ether oxygens (including phenoxy) is 1. The first kappa shape index (κ1) is 23.6. The van der Waals surface area contributed by atoms with Gasteiger partial charge in [0, 0.05) is 5.92 Å². The Kier molecular flexibility index (Phi) is 7.26. The van der Waals surface area contributed by atoms with Crippen molar-refractivity contribution >= 4 is 13.4 Å². The summed E-state index contributed by atoms with van der Waals surface area (Å²) < 4.78 is 18.3. The molecule has 1 fully saturated rings. The zero-order valence-electron chi connectivity index (χ0n) is 18.4. The SMILES string of the molecule is O=C(CP(=O)(O)O)C1CCC(OC(c2ccccc2)(c2ccccc2)c2ccccc2)CC1. The topological polar surface area (TPSA) is 83.8 Å². The molecule has 0 spiro atoms. The van der Waals surface area contributed by atoms with E-state index < -0.39 is 19.4 Å². The summed E-state index contributed by atoms with van der Waals surface area (Å²) in [5.41, 5.74) is 2.28. The lowest BCUT2D eigenvalue weighted by Crippen LogP contribution is -2.39. The number of benzene rings is 3. The molecule has 0 aromatic heterocycles. The molecule has 33 heavy (non-hydrogen) atoms. The van der Waals surface area contributed by atoms with Gasteiger partial charge in [-0.2, -0.15) is 0 Å². The number of hydrogen-bond acceptors (Lipinski definition) is 3. The second-order valence-corrected chi connectivity index (χ2v) is 10.3. The lowest BCUT2D eigenvalue weighted by Gasteiger charge is -2.41. The minimum Gasteiger partial charge on any atom is -0.358 e. The van der Waals surface area contributed by atoms with Crippen LogP contribution in [0.4, 0.5) is 0 Å². The highest BCUT2D eigenvalue weighted by Gasteiger charge is 2.41. The maximum Gasteiger partial charge on any atom is 0.332 e. The smallest absolute Gasteiger partial charge is 0.332 e. The molecule has 0 unspecified atom stereocenters. The maximum atomic E-state index is 12.3. The van der Waals surface area contributed by atoms with Crippen molar-refractivity contribution in [3.05, 3.63) is 108 Å². The molecule has 3 aromatic rings. The van der Waals surface area contributed by atoms with Crippen LogP contribution in [0, 0.1) is 5.92 Å². The minimum absolute atomic E-state index is 0.0928. The first-order valence-electron chi connectivity index (χ1n) is 11.3. The summed E-state index contributed by atoms with van der Waals surface area (Å²) in [6.07, 6.45) is 1.68. The maximum absolute atomic E-state index is 12.3. The van der Waals surface area contributed by atoms with Crippen LogP contribution in [-0.4, -0.2) is 27.8 Å². The predicted octanol–water partition coefficient (Wildman–Crippen LogP) is 5.30. The van der Waals surface area contributed by atoms with Gasteiger partial charge in [0.2, 0.25) is 0 Å². The molecule has 1 aliphatic carbocycles. The molecule has 5 nitrogen and oxygen atoms in total. The quantitative estimate of drug-likeness (QED) is 0.349. The fraction of sp³-hybridized carbons (Fsp3) is 0.296. The van der Waals surface area contributed by atoms with E-state index in [1.54, 1.807) is 0 Å². The Morgan fingerprint density at radius 2 is 1.15 bits per heavy atom. The van der Waals surface area contributed by atoms with E-state index in [1.807, 2.05) is 54.6 Å². The fourth-order valence-corrected chi connectivity index (χ4v) is 5.47. The molecule has 2 N–H and O–H groups in total. The second-order valence-electron chi connectivity index (χ2n) is 8.66. The molecule has 0 saturated heterocycles. The third-order valence-corrected chi connectivity index (χ3v) is 7.10. The van der Waals surface area contributed by atoms with Crippen molar-refractivity contribution in [2.45, 2.75) is 37.4 Å². The van der Waals surface area contributed by atoms with Gasteiger partial charge in [-0.15, -0.1) is 0 Å². The van der Waals surface area contributed by atoms with Crippen LogP contribution in [-0.2, 0) is 19.7 Å². The second kappa shape index (κ2) is 10.1. The van der Waals surface area contributed by atoms with Crippen molar-refractivity contribution in [3.8, 4) is 0 Å². The Balaban J connectivity index is 1.66. The van der Waals surface area contributed by atoms with E-state index in [0.29, 0.717) is 25.7 Å². The van der Waals surface area contributed by atoms with E-state index in [2.05, 4.69) is 36.4 Å². The Hall–Kier alpha value is -2.56. The van der Waals surface area contributed by atoms with E-state index in [-0.39, 0.29) is 17.8 Å². The van der Waals surface area contributed by atoms with Crippen molar-refractivity contribution in [2.24, 2.45) is 5.92 Å². The summed E-state index contributed by atoms with van der Waals surface area (Å²) in [5.74, 6) is -0.667. The van der Waals surface area contributed by atoms with Crippen LogP contribution >= 0.6 is 7.60 Å². The number of rotatable bonds is 8. The first-order chi connectivity index (χ1) is 15.9. The van der Waals surface area contributed by atoms with Gasteiger partial charge < -0.3 is 14.5 Å². The molecule has 172 valence electrons. The van der Waals surface area contributed by atoms with E-state index in [1.165, 1.54) is 0 Å². The molecular formula is C27H29O5P. The summed E-state index contributed by atoms with van der Waals surface area (Å²) in [6, 6.07) is 30.5. The summed E-state index contributed by atoms with van der Waals surface area (Å²) in [7, 11) is -4.34. The molecule has 4 rings (SSSR count). The van der Waals surface area contributed by atoms with Gasteiger partial charge >= 0.3 is 7.60 Å². The van der Waals surface area contributed by atoms with Crippen LogP contribution in [0.3, 0.4) is 0 Å². The highest BCUT2D eigenvalue weighted by atomic mass is 31.2. The number of carbonyl (C=O) groups excluding carboxylic acids is 1. The van der Waals surface area contributed by atoms with E-state index in [4.69, 9.17) is 14.5 Å². The van der Waals surface area contributed by atoms with Gasteiger partial charge in [0.15, 0.2) is 0 Å². The van der Waals surface area contributed by atoms with Crippen LogP contribution in [0.5, 0.6) is 0 Å². The van der Waals surface area contributed by atoms with Crippen molar-refractivity contribution in [2.75, 3.05) is 6.16 Å². The number of ketones is 1. The molecule has 3 aromatic carbocycles. The number of Topliss-reactive ketones (excluding diaryl/α,β-unsaturated/α-hetero) is 1. The van der Waals surface area contributed by atoms with Crippen LogP contribution in [0.2, 0.25) is 0 Å². The third-order valence-electron chi connectivity index (χ3n) is 6.38. The first-order valence-corrected chi connectivity index (χ1v) is 13.1. The predicted molar refractivity (Wildman–Crippen MR) is 128 cm³/mol. The molecular weight excluding hydrogens is 435 g/mol. The van der Waals surface area contributed by atoms with Gasteiger partial charge in [-0.25, -0.2) is 0 Å². The van der Waals surface area contributed by atoms with E-state index in [0.717, 1.165) is 16.7 Å². The van der Waals surface area contributed by atoms with Crippen LogP contribution in [0.1, 0.15) is 42.4 Å². The summed E-state index contributed by atoms with van der Waals surface area (Å²) in [5, 5.41) is 0. The zero-order chi connectivity index (χ0) is 23.3. The summed E-state index contributed by atoms with van der Waals surface area (Å²) >= 11 is 0. The fourth-order valence-electron chi connectivity index (χ4n) is 4.81. The van der Waals surface area contributed by atoms with E-state index in [9.17, 15) is 9.36 Å². The Morgan fingerprint density at radius 1 is 0.758 bits per heavy atom. The average Bonchev–Trinajstić information content (AvgIpc) is 2.83. The zero-order valence-corrected chi connectivity index (χ0v) is 19.3. The Morgan fingerprint density at radius 3 is 1.52 bits per heavy atom. The largest absolute Gasteiger partial charge is 0.358 e. The standard InChI is InChI=1S/C27H29O5P/c28-26(20-33(29,30)31)21-16-18-25(19-17-21)32-27(22-10-4-1-5-11-22,23-12-6-2-7-13-23)24-14-8-3-9-15-24/h1-15,21,25H,16-20H2,(H2,29,30,31). The molecule has 0 radical (unpaired) electrons. The normalized spacial score (nSPS) is 19.2. The van der Waals surface area contributed by atoms with Gasteiger partial charge in [-0.3, -0.25) is 9.36 Å². The van der Waals surface area contributed by atoms with Crippen molar-refractivity contribution < 1.29 is 23.9 Å². The van der Waals surface area contributed by atoms with Gasteiger partial charge in [0.25, 0.3) is 0 Å². The number of hydrogen-bond donors (Lipinski definition) is 2. The van der Waals surface area contributed by atoms with Crippen molar-refractivity contribution in [1.82, 2.24) is 0 Å². The highest BCUT2D eigenvalue weighted by Crippen LogP contribution is 2.44. The lowest BCUT2D eigenvalue weighted by molar-refractivity contribution is -0.124. The molecule has 0 aliphatic heterocycles. The van der Waals surface area contributed by atoms with Crippen LogP contribution < -0.4 is 0 Å². The van der Waals surface area contributed by atoms with E-state index >= 15 is 0 Å². The summed E-state index contributed by atoms with van der Waals surface area (Å²) in [4.78, 5) is 30.7. The van der Waals surface area contributed by atoms with Crippen molar-refractivity contribution in [3.63, 3.8) is 0 Å². The van der Waals surface area contributed by atoms with Crippen LogP contribution in [0.25, 0.3) is 0 Å². The molecule has 0 amide bonds. The molecule has 1 saturated carbocycles. The third kappa shape index (κ3) is 5.51. The molecule has 0 atom stereocenters. The molecule has 6 heteroatoms. The molecule has 0 heterocycles. The molecule has 0 bridgehead atoms. The van der Waals surface area contributed by atoms with Crippen molar-refractivity contribution in [1.29, 1.82) is 0 Å². The molecule has 1 aliphatic rings. The highest BCUT2D eigenvalue weighted by molar-refractivity contribution is 7.52. The number of carbonyl (C=O) groups is 1. The monoisotopic (exact) mass is 464 g/mol.